The molecule has 1 aromatic heterocycles. The fourth-order valence-electron chi connectivity index (χ4n) is 12.8. The van der Waals surface area contributed by atoms with Gasteiger partial charge in [0.1, 0.15) is 0 Å². The molecule has 66 heavy (non-hydrogen) atoms. The highest BCUT2D eigenvalue weighted by atomic mass is 15.1. The Kier molecular flexibility index (Phi) is 9.41. The van der Waals surface area contributed by atoms with Crippen LogP contribution in [0.2, 0.25) is 0 Å². The zero-order valence-corrected chi connectivity index (χ0v) is 37.2. The van der Waals surface area contributed by atoms with Crippen molar-refractivity contribution in [2.45, 2.75) is 43.9 Å². The maximum absolute atomic E-state index is 2.48. The molecular formula is C64H52N2. The Morgan fingerprint density at radius 1 is 0.379 bits per heavy atom. The van der Waals surface area contributed by atoms with Crippen molar-refractivity contribution in [3.8, 4) is 50.2 Å². The van der Waals surface area contributed by atoms with Crippen molar-refractivity contribution in [1.82, 2.24) is 4.57 Å². The predicted molar refractivity (Wildman–Crippen MR) is 277 cm³/mol. The minimum Gasteiger partial charge on any atom is -0.311 e. The molecule has 318 valence electrons. The summed E-state index contributed by atoms with van der Waals surface area (Å²) in [6.07, 6.45) is 8.53. The second kappa shape index (κ2) is 15.9. The molecule has 0 radical (unpaired) electrons. The first-order valence-corrected chi connectivity index (χ1v) is 24.1. The van der Waals surface area contributed by atoms with Crippen LogP contribution in [0.25, 0.3) is 72.0 Å². The summed E-state index contributed by atoms with van der Waals surface area (Å²) in [5.74, 6) is 2.79. The van der Waals surface area contributed by atoms with E-state index in [1.807, 2.05) is 0 Å². The van der Waals surface area contributed by atoms with Gasteiger partial charge in [-0.15, -0.1) is 0 Å². The summed E-state index contributed by atoms with van der Waals surface area (Å²) in [6, 6.07) is 83.1. The van der Waals surface area contributed by atoms with Gasteiger partial charge in [0, 0.05) is 33.5 Å². The van der Waals surface area contributed by atoms with Gasteiger partial charge >= 0.3 is 0 Å². The van der Waals surface area contributed by atoms with Gasteiger partial charge in [0.05, 0.1) is 11.0 Å². The Morgan fingerprint density at radius 3 is 1.50 bits per heavy atom. The lowest BCUT2D eigenvalue weighted by molar-refractivity contribution is 0.163. The Morgan fingerprint density at radius 2 is 0.864 bits per heavy atom. The van der Waals surface area contributed by atoms with Crippen LogP contribution in [0, 0.1) is 17.8 Å². The van der Waals surface area contributed by atoms with Gasteiger partial charge in [-0.1, -0.05) is 170 Å². The van der Waals surface area contributed by atoms with Gasteiger partial charge in [0.15, 0.2) is 0 Å². The molecule has 3 aliphatic carbocycles. The summed E-state index contributed by atoms with van der Waals surface area (Å²) in [5, 5.41) is 2.56. The summed E-state index contributed by atoms with van der Waals surface area (Å²) >= 11 is 0. The quantitative estimate of drug-likeness (QED) is 0.140. The number of anilines is 3. The highest BCUT2D eigenvalue weighted by molar-refractivity contribution is 6.09. The third kappa shape index (κ3) is 6.69. The largest absolute Gasteiger partial charge is 0.311 e. The molecule has 9 aromatic carbocycles. The first-order chi connectivity index (χ1) is 32.6. The van der Waals surface area contributed by atoms with Crippen molar-refractivity contribution >= 4 is 38.9 Å². The van der Waals surface area contributed by atoms with Crippen LogP contribution in [0.5, 0.6) is 0 Å². The maximum atomic E-state index is 2.48. The van der Waals surface area contributed by atoms with Gasteiger partial charge in [-0.2, -0.15) is 0 Å². The van der Waals surface area contributed by atoms with E-state index in [-0.39, 0.29) is 0 Å². The standard InChI is InChI=1S/C64H52N2/c1-2-11-48(12-3-1)58-15-4-5-16-59(58)49-29-35-55(36-30-49)65(56-37-31-53(32-38-56)64-41-44-21-22-51(42-64)52(39-44)43-64)54-33-27-46(28-34-54)45-23-25-47(26-24-45)50-13-10-14-57(40-50)66-62-19-8-6-17-60(62)61-18-7-9-20-63(61)66/h1-20,23-38,40,44,51-52H,21-22,39,41-43H2/t44-,51?,52+,64?/m1/s1. The normalized spacial score (nSPS) is 19.7. The van der Waals surface area contributed by atoms with Crippen molar-refractivity contribution in [1.29, 1.82) is 0 Å². The fourth-order valence-corrected chi connectivity index (χ4v) is 12.8. The molecule has 0 amide bonds. The number of aromatic nitrogens is 1. The van der Waals surface area contributed by atoms with E-state index in [4.69, 9.17) is 0 Å². The van der Waals surface area contributed by atoms with Gasteiger partial charge in [-0.05, 0) is 166 Å². The van der Waals surface area contributed by atoms with Gasteiger partial charge in [0.2, 0.25) is 0 Å². The highest BCUT2D eigenvalue weighted by Gasteiger charge is 2.53. The Hall–Kier alpha value is -7.42. The molecule has 3 fully saturated rings. The molecule has 0 aliphatic heterocycles. The summed E-state index contributed by atoms with van der Waals surface area (Å²) < 4.78 is 2.39. The summed E-state index contributed by atoms with van der Waals surface area (Å²) in [6.45, 7) is 0. The molecule has 3 aliphatic rings. The van der Waals surface area contributed by atoms with E-state index < -0.39 is 0 Å². The lowest BCUT2D eigenvalue weighted by Crippen LogP contribution is -2.31. The fraction of sp³-hybridized carbons (Fsp3) is 0.156. The van der Waals surface area contributed by atoms with Crippen molar-refractivity contribution in [2.24, 2.45) is 17.8 Å². The minimum absolute atomic E-state index is 0.373. The Bertz CT molecular complexity index is 3300. The van der Waals surface area contributed by atoms with Crippen molar-refractivity contribution in [3.63, 3.8) is 0 Å². The highest BCUT2D eigenvalue weighted by Crippen LogP contribution is 2.62. The van der Waals surface area contributed by atoms with Crippen molar-refractivity contribution in [2.75, 3.05) is 4.90 Å². The molecule has 2 unspecified atom stereocenters. The van der Waals surface area contributed by atoms with E-state index in [2.05, 4.69) is 234 Å². The van der Waals surface area contributed by atoms with E-state index in [0.29, 0.717) is 5.41 Å². The van der Waals surface area contributed by atoms with Crippen molar-refractivity contribution < 1.29 is 0 Å². The third-order valence-corrected chi connectivity index (χ3v) is 15.8. The molecule has 4 atom stereocenters. The number of hydrogen-bond acceptors (Lipinski definition) is 1. The lowest BCUT2D eigenvalue weighted by Gasteiger charge is -2.40. The molecule has 0 saturated heterocycles. The third-order valence-electron chi connectivity index (χ3n) is 15.8. The average Bonchev–Trinajstić information content (AvgIpc) is 3.81. The minimum atomic E-state index is 0.373. The molecular weight excluding hydrogens is 797 g/mol. The smallest absolute Gasteiger partial charge is 0.0541 e. The van der Waals surface area contributed by atoms with Gasteiger partial charge in [-0.3, -0.25) is 0 Å². The van der Waals surface area contributed by atoms with Crippen LogP contribution in [0.3, 0.4) is 0 Å². The zero-order chi connectivity index (χ0) is 43.6. The number of benzene rings is 9. The van der Waals surface area contributed by atoms with Gasteiger partial charge < -0.3 is 9.47 Å². The van der Waals surface area contributed by atoms with E-state index in [9.17, 15) is 0 Å². The summed E-state index contributed by atoms with van der Waals surface area (Å²) in [7, 11) is 0. The van der Waals surface area contributed by atoms with E-state index in [1.54, 1.807) is 5.56 Å². The van der Waals surface area contributed by atoms with Crippen LogP contribution in [0.15, 0.2) is 224 Å². The van der Waals surface area contributed by atoms with Crippen LogP contribution in [0.4, 0.5) is 17.1 Å². The maximum Gasteiger partial charge on any atom is 0.0541 e. The van der Waals surface area contributed by atoms with Crippen LogP contribution >= 0.6 is 0 Å². The van der Waals surface area contributed by atoms with Crippen LogP contribution < -0.4 is 4.90 Å². The molecule has 3 bridgehead atoms. The van der Waals surface area contributed by atoms with Crippen LogP contribution in [0.1, 0.15) is 44.1 Å². The molecule has 0 spiro atoms. The zero-order valence-electron chi connectivity index (χ0n) is 37.2. The van der Waals surface area contributed by atoms with Gasteiger partial charge in [-0.25, -0.2) is 0 Å². The van der Waals surface area contributed by atoms with Crippen LogP contribution in [-0.4, -0.2) is 4.57 Å². The first kappa shape index (κ1) is 39.0. The molecule has 2 nitrogen and oxygen atoms in total. The number of fused-ring (bicyclic) bond motifs is 5. The molecule has 13 rings (SSSR count). The Balaban J connectivity index is 0.817. The molecule has 1 heterocycles. The monoisotopic (exact) mass is 848 g/mol. The van der Waals surface area contributed by atoms with Crippen LogP contribution in [-0.2, 0) is 5.41 Å². The molecule has 2 heteroatoms. The predicted octanol–water partition coefficient (Wildman–Crippen LogP) is 17.4. The number of hydrogen-bond donors (Lipinski definition) is 0. The van der Waals surface area contributed by atoms with E-state index in [0.717, 1.165) is 29.1 Å². The SMILES string of the molecule is c1ccc(-c2ccccc2-c2ccc(N(c3ccc(-c4ccc(-c5cccc(-n6c7ccccc7c7ccccc76)c5)cc4)cc3)c3ccc(C45CC6CC[C@H](C[C@H]6C4)C5)cc3)cc2)cc1. The second-order valence-corrected chi connectivity index (χ2v) is 19.5. The van der Waals surface area contributed by atoms with E-state index >= 15 is 0 Å². The molecule has 3 saturated carbocycles. The summed E-state index contributed by atoms with van der Waals surface area (Å²) in [5.41, 5.74) is 18.8. The van der Waals surface area contributed by atoms with Gasteiger partial charge in [0.25, 0.3) is 0 Å². The lowest BCUT2D eigenvalue weighted by atomic mass is 9.65. The number of rotatable bonds is 9. The number of para-hydroxylation sites is 2. The van der Waals surface area contributed by atoms with E-state index in [1.165, 1.54) is 116 Å². The second-order valence-electron chi connectivity index (χ2n) is 19.5. The Labute approximate surface area is 388 Å². The number of nitrogens with zero attached hydrogens (tertiary/aromatic N) is 2. The first-order valence-electron chi connectivity index (χ1n) is 24.1. The van der Waals surface area contributed by atoms with Crippen molar-refractivity contribution in [3.05, 3.63) is 230 Å². The topological polar surface area (TPSA) is 8.17 Å². The summed E-state index contributed by atoms with van der Waals surface area (Å²) in [4.78, 5) is 2.44. The average molecular weight is 849 g/mol. The molecule has 0 N–H and O–H groups in total. The molecule has 10 aromatic rings.